The molecule has 0 aliphatic heterocycles. The van der Waals surface area contributed by atoms with Crippen molar-refractivity contribution in [1.29, 1.82) is 0 Å². The third-order valence-electron chi connectivity index (χ3n) is 5.23. The van der Waals surface area contributed by atoms with Gasteiger partial charge < -0.3 is 4.40 Å². The number of benzene rings is 2. The SMILES string of the molecule is CCc1ccc(S(=O)(=O)c2ccc(CCC(=O)c3ccc4nccn4c3)cc2)cc1. The normalized spacial score (nSPS) is 11.6. The van der Waals surface area contributed by atoms with Gasteiger partial charge in [0.1, 0.15) is 5.65 Å². The Balaban J connectivity index is 1.44. The summed E-state index contributed by atoms with van der Waals surface area (Å²) in [6.07, 6.45) is 7.05. The maximum absolute atomic E-state index is 12.8. The Morgan fingerprint density at radius 3 is 2.17 bits per heavy atom. The first-order valence-corrected chi connectivity index (χ1v) is 11.3. The number of ketones is 1. The predicted molar refractivity (Wildman–Crippen MR) is 116 cm³/mol. The number of carbonyl (C=O) groups is 1. The molecule has 0 unspecified atom stereocenters. The molecule has 2 heterocycles. The molecule has 4 rings (SSSR count). The first-order chi connectivity index (χ1) is 14.5. The lowest BCUT2D eigenvalue weighted by atomic mass is 10.0. The van der Waals surface area contributed by atoms with E-state index in [1.54, 1.807) is 61.1 Å². The first kappa shape index (κ1) is 20.0. The molecule has 0 aliphatic carbocycles. The van der Waals surface area contributed by atoms with E-state index in [1.807, 2.05) is 29.5 Å². The highest BCUT2D eigenvalue weighted by molar-refractivity contribution is 7.91. The summed E-state index contributed by atoms with van der Waals surface area (Å²) in [4.78, 5) is 17.2. The van der Waals surface area contributed by atoms with E-state index in [2.05, 4.69) is 4.98 Å². The van der Waals surface area contributed by atoms with E-state index in [-0.39, 0.29) is 15.6 Å². The van der Waals surface area contributed by atoms with Crippen LogP contribution in [0.25, 0.3) is 5.65 Å². The second-order valence-corrected chi connectivity index (χ2v) is 9.13. The highest BCUT2D eigenvalue weighted by Crippen LogP contribution is 2.22. The lowest BCUT2D eigenvalue weighted by molar-refractivity contribution is 0.0982. The summed E-state index contributed by atoms with van der Waals surface area (Å²) in [6, 6.07) is 17.4. The van der Waals surface area contributed by atoms with Gasteiger partial charge in [-0.05, 0) is 60.4 Å². The molecule has 4 aromatic rings. The van der Waals surface area contributed by atoms with Gasteiger partial charge in [-0.2, -0.15) is 0 Å². The molecule has 6 heteroatoms. The van der Waals surface area contributed by atoms with Gasteiger partial charge in [0.15, 0.2) is 5.78 Å². The number of imidazole rings is 1. The van der Waals surface area contributed by atoms with E-state index in [0.717, 1.165) is 23.2 Å². The fraction of sp³-hybridized carbons (Fsp3) is 0.167. The molecule has 30 heavy (non-hydrogen) atoms. The summed E-state index contributed by atoms with van der Waals surface area (Å²) < 4.78 is 27.5. The van der Waals surface area contributed by atoms with Crippen LogP contribution in [0, 0.1) is 0 Å². The number of hydrogen-bond donors (Lipinski definition) is 0. The van der Waals surface area contributed by atoms with Crippen molar-refractivity contribution in [1.82, 2.24) is 9.38 Å². The zero-order valence-corrected chi connectivity index (χ0v) is 17.5. The number of aryl methyl sites for hydroxylation is 2. The van der Waals surface area contributed by atoms with Crippen LogP contribution in [0.4, 0.5) is 0 Å². The van der Waals surface area contributed by atoms with Crippen LogP contribution in [-0.4, -0.2) is 23.6 Å². The van der Waals surface area contributed by atoms with Gasteiger partial charge >= 0.3 is 0 Å². The molecule has 0 atom stereocenters. The number of fused-ring (bicyclic) bond motifs is 1. The fourth-order valence-corrected chi connectivity index (χ4v) is 4.62. The van der Waals surface area contributed by atoms with Gasteiger partial charge in [-0.15, -0.1) is 0 Å². The largest absolute Gasteiger partial charge is 0.306 e. The van der Waals surface area contributed by atoms with Crippen molar-refractivity contribution >= 4 is 21.3 Å². The predicted octanol–water partition coefficient (Wildman–Crippen LogP) is 4.55. The lowest BCUT2D eigenvalue weighted by Crippen LogP contribution is -2.04. The number of sulfone groups is 1. The third kappa shape index (κ3) is 4.04. The van der Waals surface area contributed by atoms with Crippen molar-refractivity contribution < 1.29 is 13.2 Å². The smallest absolute Gasteiger partial charge is 0.206 e. The van der Waals surface area contributed by atoms with Crippen LogP contribution in [-0.2, 0) is 22.7 Å². The van der Waals surface area contributed by atoms with Gasteiger partial charge in [0, 0.05) is 30.6 Å². The fourth-order valence-electron chi connectivity index (χ4n) is 3.36. The summed E-state index contributed by atoms with van der Waals surface area (Å²) in [5.74, 6) is 0.0401. The van der Waals surface area contributed by atoms with Gasteiger partial charge in [0.2, 0.25) is 9.84 Å². The van der Waals surface area contributed by atoms with Crippen molar-refractivity contribution in [3.63, 3.8) is 0 Å². The Hall–Kier alpha value is -3.25. The van der Waals surface area contributed by atoms with Crippen LogP contribution >= 0.6 is 0 Å². The van der Waals surface area contributed by atoms with Crippen LogP contribution in [0.1, 0.15) is 34.8 Å². The number of hydrogen-bond acceptors (Lipinski definition) is 4. The molecule has 2 aromatic heterocycles. The van der Waals surface area contributed by atoms with E-state index in [9.17, 15) is 13.2 Å². The van der Waals surface area contributed by atoms with E-state index < -0.39 is 9.84 Å². The maximum atomic E-state index is 12.8. The third-order valence-corrected chi connectivity index (χ3v) is 7.01. The summed E-state index contributed by atoms with van der Waals surface area (Å²) >= 11 is 0. The van der Waals surface area contributed by atoms with Crippen LogP contribution in [0.2, 0.25) is 0 Å². The number of carbonyl (C=O) groups excluding carboxylic acids is 1. The van der Waals surface area contributed by atoms with Gasteiger partial charge in [-0.1, -0.05) is 31.2 Å². The van der Waals surface area contributed by atoms with Gasteiger partial charge in [0.05, 0.1) is 9.79 Å². The molecule has 152 valence electrons. The van der Waals surface area contributed by atoms with E-state index >= 15 is 0 Å². The molecule has 0 radical (unpaired) electrons. The van der Waals surface area contributed by atoms with E-state index in [1.165, 1.54) is 0 Å². The molecule has 0 amide bonds. The monoisotopic (exact) mass is 418 g/mol. The van der Waals surface area contributed by atoms with Crippen molar-refractivity contribution in [2.24, 2.45) is 0 Å². The Bertz CT molecular complexity index is 1290. The van der Waals surface area contributed by atoms with Crippen LogP contribution in [0.3, 0.4) is 0 Å². The van der Waals surface area contributed by atoms with Crippen LogP contribution < -0.4 is 0 Å². The van der Waals surface area contributed by atoms with E-state index in [0.29, 0.717) is 18.4 Å². The molecule has 0 N–H and O–H groups in total. The highest BCUT2D eigenvalue weighted by Gasteiger charge is 2.17. The number of nitrogens with zero attached hydrogens (tertiary/aromatic N) is 2. The van der Waals surface area contributed by atoms with Crippen molar-refractivity contribution in [3.8, 4) is 0 Å². The molecule has 2 aromatic carbocycles. The quantitative estimate of drug-likeness (QED) is 0.413. The molecule has 0 saturated carbocycles. The molecule has 5 nitrogen and oxygen atoms in total. The maximum Gasteiger partial charge on any atom is 0.206 e. The minimum Gasteiger partial charge on any atom is -0.306 e. The second kappa shape index (κ2) is 8.24. The molecule has 0 aliphatic rings. The van der Waals surface area contributed by atoms with E-state index in [4.69, 9.17) is 0 Å². The molecule has 0 spiro atoms. The number of rotatable bonds is 7. The summed E-state index contributed by atoms with van der Waals surface area (Å²) in [6.45, 7) is 2.03. The summed E-state index contributed by atoms with van der Waals surface area (Å²) in [5.41, 5.74) is 3.45. The molecule has 0 bridgehead atoms. The minimum absolute atomic E-state index is 0.0401. The van der Waals surface area contributed by atoms with Crippen molar-refractivity contribution in [2.45, 2.75) is 36.0 Å². The zero-order valence-electron chi connectivity index (χ0n) is 16.7. The Labute approximate surface area is 175 Å². The van der Waals surface area contributed by atoms with Gasteiger partial charge in [-0.25, -0.2) is 13.4 Å². The number of pyridine rings is 1. The minimum atomic E-state index is -3.55. The molecule has 0 fully saturated rings. The van der Waals surface area contributed by atoms with Gasteiger partial charge in [-0.3, -0.25) is 4.79 Å². The average molecular weight is 419 g/mol. The zero-order chi connectivity index (χ0) is 21.1. The molecular weight excluding hydrogens is 396 g/mol. The average Bonchev–Trinajstić information content (AvgIpc) is 3.25. The van der Waals surface area contributed by atoms with Crippen molar-refractivity contribution in [2.75, 3.05) is 0 Å². The number of aromatic nitrogens is 2. The Morgan fingerprint density at radius 2 is 1.53 bits per heavy atom. The van der Waals surface area contributed by atoms with Crippen LogP contribution in [0.15, 0.2) is 89.0 Å². The van der Waals surface area contributed by atoms with Crippen LogP contribution in [0.5, 0.6) is 0 Å². The number of Topliss-reactive ketones (excluding diaryl/α,β-unsaturated/α-hetero) is 1. The topological polar surface area (TPSA) is 68.5 Å². The highest BCUT2D eigenvalue weighted by atomic mass is 32.2. The standard InChI is InChI=1S/C24H22N2O3S/c1-2-18-3-9-21(10-4-18)30(28,29)22-11-5-19(6-12-22)7-13-23(27)20-8-14-24-25-15-16-26(24)17-20/h3-6,8-12,14-17H,2,7,13H2,1H3. The van der Waals surface area contributed by atoms with Gasteiger partial charge in [0.25, 0.3) is 0 Å². The van der Waals surface area contributed by atoms with Crippen molar-refractivity contribution in [3.05, 3.63) is 95.9 Å². The molecular formula is C24H22N2O3S. The Morgan fingerprint density at radius 1 is 0.900 bits per heavy atom. The molecule has 0 saturated heterocycles. The second-order valence-electron chi connectivity index (χ2n) is 7.18. The summed E-state index contributed by atoms with van der Waals surface area (Å²) in [7, 11) is -3.55. The lowest BCUT2D eigenvalue weighted by Gasteiger charge is -2.07. The summed E-state index contributed by atoms with van der Waals surface area (Å²) in [5, 5.41) is 0. The Kier molecular flexibility index (Phi) is 5.50. The first-order valence-electron chi connectivity index (χ1n) is 9.86.